The van der Waals surface area contributed by atoms with Gasteiger partial charge in [-0.05, 0) is 65.6 Å². The van der Waals surface area contributed by atoms with Crippen LogP contribution in [0.15, 0.2) is 125 Å². The van der Waals surface area contributed by atoms with Gasteiger partial charge in [-0.3, -0.25) is 18.9 Å². The number of aliphatic hydroxyl groups is 1. The summed E-state index contributed by atoms with van der Waals surface area (Å²) in [5.74, 6) is -0.455. The van der Waals surface area contributed by atoms with Crippen molar-refractivity contribution in [1.29, 1.82) is 0 Å². The van der Waals surface area contributed by atoms with Crippen molar-refractivity contribution >= 4 is 62.1 Å². The van der Waals surface area contributed by atoms with Crippen molar-refractivity contribution in [1.82, 2.24) is 19.6 Å². The number of nitrogens with zero attached hydrogens (tertiary/aromatic N) is 5. The monoisotopic (exact) mass is 739 g/mol. The summed E-state index contributed by atoms with van der Waals surface area (Å²) in [6.07, 6.45) is 1.76. The summed E-state index contributed by atoms with van der Waals surface area (Å²) >= 11 is 2.72. The zero-order valence-electron chi connectivity index (χ0n) is 28.8. The molecule has 10 nitrogen and oxygen atoms in total. The third-order valence-corrected chi connectivity index (χ3v) is 11.1. The van der Waals surface area contributed by atoms with Gasteiger partial charge in [0.15, 0.2) is 21.6 Å². The van der Waals surface area contributed by atoms with Crippen molar-refractivity contribution in [3.8, 4) is 11.5 Å². The number of fused-ring (bicyclic) bond motifs is 2. The summed E-state index contributed by atoms with van der Waals surface area (Å²) < 4.78 is 14.5. The number of aryl methyl sites for hydroxylation is 1. The molecule has 264 valence electrons. The van der Waals surface area contributed by atoms with Crippen molar-refractivity contribution in [3.63, 3.8) is 0 Å². The topological polar surface area (TPSA) is 119 Å². The number of anilines is 1. The molecule has 1 unspecified atom stereocenters. The summed E-state index contributed by atoms with van der Waals surface area (Å²) in [4.78, 5) is 34.1. The van der Waals surface area contributed by atoms with Crippen molar-refractivity contribution < 1.29 is 24.2 Å². The Morgan fingerprint density at radius 1 is 0.887 bits per heavy atom. The Balaban J connectivity index is 1.20. The maximum Gasteiger partial charge on any atom is 0.301 e. The van der Waals surface area contributed by atoms with E-state index in [2.05, 4.69) is 39.4 Å². The Morgan fingerprint density at radius 2 is 1.68 bits per heavy atom. The summed E-state index contributed by atoms with van der Waals surface area (Å²) in [6, 6.07) is 33.9. The Hall–Kier alpha value is -5.98. The van der Waals surface area contributed by atoms with Crippen LogP contribution >= 0.6 is 23.1 Å². The van der Waals surface area contributed by atoms with Crippen LogP contribution in [-0.4, -0.2) is 43.0 Å². The largest absolute Gasteiger partial charge is 0.505 e. The molecule has 0 bridgehead atoms. The molecule has 1 amide bonds. The Labute approximate surface area is 313 Å². The number of benzene rings is 4. The average molecular weight is 740 g/mol. The first-order chi connectivity index (χ1) is 25.9. The molecule has 0 radical (unpaired) electrons. The van der Waals surface area contributed by atoms with Crippen LogP contribution in [0, 0.1) is 6.92 Å². The second-order valence-corrected chi connectivity index (χ2v) is 14.5. The van der Waals surface area contributed by atoms with Crippen molar-refractivity contribution in [2.24, 2.45) is 0 Å². The maximum atomic E-state index is 14.1. The molecule has 1 fully saturated rings. The van der Waals surface area contributed by atoms with Gasteiger partial charge >= 0.3 is 5.91 Å². The number of carbonyl (C=O) groups is 2. The molecule has 4 aromatic carbocycles. The Bertz CT molecular complexity index is 2520. The number of rotatable bonds is 11. The third-order valence-electron chi connectivity index (χ3n) is 9.03. The lowest BCUT2D eigenvalue weighted by molar-refractivity contribution is -0.132. The molecule has 1 N–H and O–H groups in total. The minimum atomic E-state index is -1.06. The predicted octanol–water partition coefficient (Wildman–Crippen LogP) is 8.54. The van der Waals surface area contributed by atoms with Gasteiger partial charge in [-0.2, -0.15) is 0 Å². The van der Waals surface area contributed by atoms with Gasteiger partial charge in [0.05, 0.1) is 23.9 Å². The van der Waals surface area contributed by atoms with E-state index in [1.165, 1.54) is 28.0 Å². The molecular weight excluding hydrogens is 707 g/mol. The van der Waals surface area contributed by atoms with Crippen LogP contribution in [0.2, 0.25) is 0 Å². The zero-order chi connectivity index (χ0) is 36.5. The highest BCUT2D eigenvalue weighted by molar-refractivity contribution is 8.00. The lowest BCUT2D eigenvalue weighted by Gasteiger charge is -2.23. The molecule has 4 heterocycles. The molecule has 53 heavy (non-hydrogen) atoms. The molecule has 3 aromatic heterocycles. The summed E-state index contributed by atoms with van der Waals surface area (Å²) in [5, 5.41) is 23.4. The third kappa shape index (κ3) is 6.51. The minimum Gasteiger partial charge on any atom is -0.505 e. The van der Waals surface area contributed by atoms with Gasteiger partial charge in [0.2, 0.25) is 5.13 Å². The number of thioether (sulfide) groups is 1. The highest BCUT2D eigenvalue weighted by atomic mass is 32.2. The van der Waals surface area contributed by atoms with Gasteiger partial charge < -0.3 is 14.6 Å². The molecule has 0 spiro atoms. The molecule has 1 aliphatic heterocycles. The first kappa shape index (κ1) is 34.1. The summed E-state index contributed by atoms with van der Waals surface area (Å²) in [6.45, 7) is 4.28. The molecule has 0 aliphatic carbocycles. The van der Waals surface area contributed by atoms with E-state index in [-0.39, 0.29) is 16.5 Å². The van der Waals surface area contributed by atoms with Crippen LogP contribution < -0.4 is 14.4 Å². The van der Waals surface area contributed by atoms with E-state index < -0.39 is 17.7 Å². The second kappa shape index (κ2) is 14.6. The number of ketones is 1. The number of imidazole rings is 1. The van der Waals surface area contributed by atoms with E-state index >= 15 is 0 Å². The standard InChI is InChI=1S/C41H33N5O5S2/c1-3-50-32-22-28(19-20-31(32)51-23-26-12-5-4-6-13-26)36-34(37(47)35-25(2)42-33-18-9-10-21-45(33)35)38(48)39(49)46(36)40-43-44-41(53-40)52-24-29-16-11-15-27-14-7-8-17-30(27)29/h4-22,36,47H,3,23-24H2,1-2H3/b37-34+. The van der Waals surface area contributed by atoms with E-state index in [9.17, 15) is 14.7 Å². The van der Waals surface area contributed by atoms with Crippen LogP contribution in [0.3, 0.4) is 0 Å². The molecule has 1 aliphatic rings. The highest BCUT2D eigenvalue weighted by Crippen LogP contribution is 2.46. The van der Waals surface area contributed by atoms with E-state index in [0.29, 0.717) is 57.4 Å². The number of carbonyl (C=O) groups excluding carboxylic acids is 2. The van der Waals surface area contributed by atoms with Gasteiger partial charge in [0.25, 0.3) is 5.78 Å². The number of pyridine rings is 1. The van der Waals surface area contributed by atoms with Crippen LogP contribution in [0.25, 0.3) is 22.2 Å². The number of Topliss-reactive ketones (excluding diaryl/α,β-unsaturated/α-hetero) is 1. The van der Waals surface area contributed by atoms with Crippen molar-refractivity contribution in [2.75, 3.05) is 11.5 Å². The Morgan fingerprint density at radius 3 is 2.53 bits per heavy atom. The van der Waals surface area contributed by atoms with Crippen LogP contribution in [0.1, 0.15) is 41.0 Å². The molecule has 1 saturated heterocycles. The fourth-order valence-electron chi connectivity index (χ4n) is 6.61. The van der Waals surface area contributed by atoms with E-state index in [4.69, 9.17) is 9.47 Å². The van der Waals surface area contributed by atoms with Gasteiger partial charge in [-0.25, -0.2) is 4.98 Å². The quantitative estimate of drug-likeness (QED) is 0.0458. The van der Waals surface area contributed by atoms with Crippen molar-refractivity contribution in [3.05, 3.63) is 149 Å². The predicted molar refractivity (Wildman–Crippen MR) is 207 cm³/mol. The maximum absolute atomic E-state index is 14.1. The summed E-state index contributed by atoms with van der Waals surface area (Å²) in [7, 11) is 0. The van der Waals surface area contributed by atoms with Crippen LogP contribution in [-0.2, 0) is 21.9 Å². The molecule has 8 rings (SSSR count). The highest BCUT2D eigenvalue weighted by Gasteiger charge is 2.49. The molecule has 1 atom stereocenters. The molecule has 12 heteroatoms. The van der Waals surface area contributed by atoms with E-state index in [1.54, 1.807) is 41.8 Å². The average Bonchev–Trinajstić information content (AvgIpc) is 3.86. The fourth-order valence-corrected chi connectivity index (χ4v) is 8.48. The number of ether oxygens (including phenoxy) is 2. The van der Waals surface area contributed by atoms with Gasteiger partial charge in [0.1, 0.15) is 17.9 Å². The van der Waals surface area contributed by atoms with E-state index in [0.717, 1.165) is 21.9 Å². The number of aliphatic hydroxyl groups excluding tert-OH is 1. The fraction of sp³-hybridized carbons (Fsp3) is 0.146. The Kier molecular flexibility index (Phi) is 9.38. The normalized spacial score (nSPS) is 15.4. The van der Waals surface area contributed by atoms with Gasteiger partial charge in [-0.1, -0.05) is 108 Å². The van der Waals surface area contributed by atoms with Crippen LogP contribution in [0.4, 0.5) is 5.13 Å². The minimum absolute atomic E-state index is 0.0932. The van der Waals surface area contributed by atoms with Crippen LogP contribution in [0.5, 0.6) is 11.5 Å². The number of hydrogen-bond acceptors (Lipinski definition) is 10. The zero-order valence-corrected chi connectivity index (χ0v) is 30.4. The molecule has 7 aromatic rings. The lowest BCUT2D eigenvalue weighted by atomic mass is 9.96. The van der Waals surface area contributed by atoms with E-state index in [1.807, 2.05) is 67.6 Å². The van der Waals surface area contributed by atoms with Gasteiger partial charge in [0, 0.05) is 11.9 Å². The molecule has 0 saturated carbocycles. The number of aromatic nitrogens is 4. The first-order valence-corrected chi connectivity index (χ1v) is 18.8. The van der Waals surface area contributed by atoms with Gasteiger partial charge in [-0.15, -0.1) is 10.2 Å². The molecular formula is C41H33N5O5S2. The number of amides is 1. The smallest absolute Gasteiger partial charge is 0.301 e. The number of hydrogen-bond donors (Lipinski definition) is 1. The van der Waals surface area contributed by atoms with Crippen molar-refractivity contribution in [2.45, 2.75) is 36.6 Å². The first-order valence-electron chi connectivity index (χ1n) is 17.0. The lowest BCUT2D eigenvalue weighted by Crippen LogP contribution is -2.29. The summed E-state index contributed by atoms with van der Waals surface area (Å²) in [5.41, 5.74) is 3.97. The second-order valence-electron chi connectivity index (χ2n) is 12.3. The SMILES string of the molecule is CCOc1cc(C2/C(=C(\O)c3c(C)nc4ccccn34)C(=O)C(=O)N2c2nnc(SCc3cccc4ccccc34)s2)ccc1OCc1ccccc1.